The van der Waals surface area contributed by atoms with Gasteiger partial charge in [-0.2, -0.15) is 0 Å². The van der Waals surface area contributed by atoms with Crippen molar-refractivity contribution in [2.75, 3.05) is 0 Å². The number of hydrogen-bond donors (Lipinski definition) is 2. The second-order valence-corrected chi connectivity index (χ2v) is 8.67. The molecule has 1 unspecified atom stereocenters. The first-order valence-corrected chi connectivity index (χ1v) is 11.3. The first-order chi connectivity index (χ1) is 15.0. The summed E-state index contributed by atoms with van der Waals surface area (Å²) in [5, 5.41) is 9.25. The molecule has 0 amide bonds. The maximum atomic E-state index is 13.3. The Labute approximate surface area is 182 Å². The van der Waals surface area contributed by atoms with E-state index in [2.05, 4.69) is 0 Å². The molecular weight excluding hydrogens is 388 g/mol. The number of aromatic carboxylic acids is 1. The van der Waals surface area contributed by atoms with Gasteiger partial charge in [-0.15, -0.1) is 0 Å². The molecule has 1 aliphatic carbocycles. The molecule has 0 spiro atoms. The average molecular weight is 419 g/mol. The molecule has 0 radical (unpaired) electrons. The smallest absolute Gasteiger partial charge is 0.335 e. The summed E-state index contributed by atoms with van der Waals surface area (Å²) in [5.74, 6) is -0.218. The average Bonchev–Trinajstić information content (AvgIpc) is 3.43. The number of aromatic nitrogens is 1. The van der Waals surface area contributed by atoms with E-state index in [1.54, 1.807) is 16.7 Å². The highest BCUT2D eigenvalue weighted by Gasteiger charge is 2.20. The molecule has 162 valence electrons. The number of benzene rings is 1. The summed E-state index contributed by atoms with van der Waals surface area (Å²) in [6, 6.07) is 12.7. The van der Waals surface area contributed by atoms with Crippen molar-refractivity contribution in [2.45, 2.75) is 57.9 Å². The number of hydrogen-bond acceptors (Lipinski definition) is 3. The number of rotatable bonds is 8. The Bertz CT molecular complexity index is 1090. The van der Waals surface area contributed by atoms with E-state index >= 15 is 0 Å². The molecule has 1 fully saturated rings. The van der Waals surface area contributed by atoms with Crippen LogP contribution in [0.2, 0.25) is 0 Å². The fourth-order valence-corrected chi connectivity index (χ4v) is 4.79. The van der Waals surface area contributed by atoms with Crippen LogP contribution in [0, 0.1) is 5.92 Å². The third kappa shape index (κ3) is 4.42. The summed E-state index contributed by atoms with van der Waals surface area (Å²) in [6.07, 6.45) is 9.88. The zero-order valence-corrected chi connectivity index (χ0v) is 18.0. The van der Waals surface area contributed by atoms with E-state index in [9.17, 15) is 14.7 Å². The lowest BCUT2D eigenvalue weighted by Gasteiger charge is -2.15. The first kappa shape index (κ1) is 21.3. The lowest BCUT2D eigenvalue weighted by Crippen LogP contribution is -2.13. The summed E-state index contributed by atoms with van der Waals surface area (Å²) in [5.41, 5.74) is 10.5. The number of ketones is 1. The Kier molecular flexibility index (Phi) is 6.23. The van der Waals surface area contributed by atoms with Gasteiger partial charge in [0.15, 0.2) is 0 Å². The zero-order valence-electron chi connectivity index (χ0n) is 18.0. The molecule has 1 atom stereocenters. The van der Waals surface area contributed by atoms with Crippen LogP contribution in [-0.4, -0.2) is 21.3 Å². The summed E-state index contributed by atoms with van der Waals surface area (Å²) in [7, 11) is 0. The van der Waals surface area contributed by atoms with Crippen molar-refractivity contribution in [3.63, 3.8) is 0 Å². The highest BCUT2D eigenvalue weighted by Crippen LogP contribution is 2.31. The lowest BCUT2D eigenvalue weighted by atomic mass is 9.94. The fraction of sp³-hybridized carbons (Fsp3) is 0.385. The van der Waals surface area contributed by atoms with Gasteiger partial charge in [-0.05, 0) is 54.5 Å². The normalized spacial score (nSPS) is 15.4. The zero-order chi connectivity index (χ0) is 22.0. The summed E-state index contributed by atoms with van der Waals surface area (Å²) < 4.78 is 1.79. The Morgan fingerprint density at radius 1 is 1.10 bits per heavy atom. The number of nitrogens with zero attached hydrogens (tertiary/aromatic N) is 1. The largest absolute Gasteiger partial charge is 0.478 e. The second-order valence-electron chi connectivity index (χ2n) is 8.67. The third-order valence-corrected chi connectivity index (χ3v) is 6.66. The number of pyridine rings is 1. The number of carboxylic acid groups (broad SMARTS) is 1. The molecular formula is C26H30N2O3. The van der Waals surface area contributed by atoms with Crippen molar-refractivity contribution < 1.29 is 14.7 Å². The fourth-order valence-electron chi connectivity index (χ4n) is 4.79. The van der Waals surface area contributed by atoms with Crippen LogP contribution < -0.4 is 5.73 Å². The number of aryl methyl sites for hydroxylation is 1. The van der Waals surface area contributed by atoms with Gasteiger partial charge in [0.25, 0.3) is 0 Å². The Balaban J connectivity index is 1.55. The van der Waals surface area contributed by atoms with Gasteiger partial charge >= 0.3 is 5.97 Å². The molecule has 31 heavy (non-hydrogen) atoms. The summed E-state index contributed by atoms with van der Waals surface area (Å²) in [4.78, 5) is 24.6. The van der Waals surface area contributed by atoms with Crippen LogP contribution in [0.25, 0.3) is 5.52 Å². The third-order valence-electron chi connectivity index (χ3n) is 6.66. The predicted molar refractivity (Wildman–Crippen MR) is 122 cm³/mol. The van der Waals surface area contributed by atoms with E-state index in [1.165, 1.54) is 38.2 Å². The highest BCUT2D eigenvalue weighted by atomic mass is 16.4. The van der Waals surface area contributed by atoms with Gasteiger partial charge in [-0.25, -0.2) is 4.79 Å². The molecule has 0 bridgehead atoms. The molecule has 1 aliphatic rings. The van der Waals surface area contributed by atoms with E-state index in [4.69, 9.17) is 5.73 Å². The van der Waals surface area contributed by atoms with E-state index in [1.807, 2.05) is 37.3 Å². The predicted octanol–water partition coefficient (Wildman–Crippen LogP) is 5.40. The van der Waals surface area contributed by atoms with Crippen molar-refractivity contribution in [3.05, 3.63) is 76.6 Å². The van der Waals surface area contributed by atoms with Crippen LogP contribution in [-0.2, 0) is 6.42 Å². The van der Waals surface area contributed by atoms with E-state index in [-0.39, 0.29) is 17.4 Å². The van der Waals surface area contributed by atoms with Crippen LogP contribution in [0.5, 0.6) is 0 Å². The topological polar surface area (TPSA) is 84.8 Å². The van der Waals surface area contributed by atoms with Crippen LogP contribution in [0.15, 0.2) is 48.7 Å². The van der Waals surface area contributed by atoms with Crippen molar-refractivity contribution in [1.29, 1.82) is 0 Å². The van der Waals surface area contributed by atoms with Crippen molar-refractivity contribution in [2.24, 2.45) is 11.7 Å². The SMILES string of the molecule is CCc1cc2cc(C(=O)O)ccn2c1C(=O)c1ccc(C(N)CCC2CCCC2)cc1. The van der Waals surface area contributed by atoms with Crippen LogP contribution >= 0.6 is 0 Å². The van der Waals surface area contributed by atoms with Gasteiger partial charge in [0.1, 0.15) is 0 Å². The van der Waals surface area contributed by atoms with Crippen LogP contribution in [0.3, 0.4) is 0 Å². The van der Waals surface area contributed by atoms with Gasteiger partial charge in [0, 0.05) is 23.3 Å². The molecule has 0 saturated heterocycles. The minimum Gasteiger partial charge on any atom is -0.478 e. The molecule has 5 nitrogen and oxygen atoms in total. The number of carbonyl (C=O) groups excluding carboxylic acids is 1. The van der Waals surface area contributed by atoms with E-state index in [0.717, 1.165) is 23.5 Å². The molecule has 3 N–H and O–H groups in total. The Morgan fingerprint density at radius 3 is 2.45 bits per heavy atom. The maximum absolute atomic E-state index is 13.3. The molecule has 2 aromatic heterocycles. The van der Waals surface area contributed by atoms with Crippen molar-refractivity contribution >= 4 is 17.3 Å². The van der Waals surface area contributed by atoms with Crippen LogP contribution in [0.4, 0.5) is 0 Å². The Hall–Kier alpha value is -2.92. The van der Waals surface area contributed by atoms with Gasteiger partial charge in [-0.1, -0.05) is 56.9 Å². The first-order valence-electron chi connectivity index (χ1n) is 11.3. The van der Waals surface area contributed by atoms with Crippen molar-refractivity contribution in [3.8, 4) is 0 Å². The van der Waals surface area contributed by atoms with Gasteiger partial charge < -0.3 is 15.2 Å². The molecule has 5 heteroatoms. The summed E-state index contributed by atoms with van der Waals surface area (Å²) in [6.45, 7) is 2.00. The van der Waals surface area contributed by atoms with E-state index < -0.39 is 5.97 Å². The molecule has 1 saturated carbocycles. The maximum Gasteiger partial charge on any atom is 0.335 e. The Morgan fingerprint density at radius 2 is 1.81 bits per heavy atom. The second kappa shape index (κ2) is 9.06. The number of fused-ring (bicyclic) bond motifs is 1. The molecule has 2 heterocycles. The molecule has 4 rings (SSSR count). The lowest BCUT2D eigenvalue weighted by molar-refractivity contribution is 0.0696. The molecule has 1 aromatic carbocycles. The van der Waals surface area contributed by atoms with Gasteiger partial charge in [0.05, 0.1) is 11.3 Å². The monoisotopic (exact) mass is 418 g/mol. The molecule has 0 aliphatic heterocycles. The number of nitrogens with two attached hydrogens (primary N) is 1. The number of carbonyl (C=O) groups is 2. The number of carboxylic acids is 1. The van der Waals surface area contributed by atoms with Crippen molar-refractivity contribution in [1.82, 2.24) is 4.40 Å². The minimum absolute atomic E-state index is 0.000440. The van der Waals surface area contributed by atoms with E-state index in [0.29, 0.717) is 23.2 Å². The highest BCUT2D eigenvalue weighted by molar-refractivity contribution is 6.09. The minimum atomic E-state index is -0.977. The van der Waals surface area contributed by atoms with Gasteiger partial charge in [0.2, 0.25) is 5.78 Å². The van der Waals surface area contributed by atoms with Crippen LogP contribution in [0.1, 0.15) is 89.0 Å². The molecule has 3 aromatic rings. The standard InChI is InChI=1S/C26H30N2O3/c1-2-18-15-22-16-21(26(30)31)13-14-28(22)24(18)25(29)20-10-8-19(9-11-20)23(27)12-7-17-5-3-4-6-17/h8-11,13-17,23H,2-7,12,27H2,1H3,(H,30,31). The summed E-state index contributed by atoms with van der Waals surface area (Å²) >= 11 is 0. The van der Waals surface area contributed by atoms with Gasteiger partial charge in [-0.3, -0.25) is 4.79 Å². The quantitative estimate of drug-likeness (QED) is 0.480.